The molecule has 1 aliphatic heterocycles. The van der Waals surface area contributed by atoms with Gasteiger partial charge in [0.2, 0.25) is 0 Å². The van der Waals surface area contributed by atoms with Gasteiger partial charge in [-0.3, -0.25) is 4.68 Å². The molecule has 0 radical (unpaired) electrons. The fraction of sp³-hybridized carbons (Fsp3) is 0.750. The summed E-state index contributed by atoms with van der Waals surface area (Å²) in [7, 11) is 3.90. The van der Waals surface area contributed by atoms with Gasteiger partial charge in [0.25, 0.3) is 0 Å². The van der Waals surface area contributed by atoms with Gasteiger partial charge in [-0.15, -0.1) is 0 Å². The Balaban J connectivity index is 1.91. The highest BCUT2D eigenvalue weighted by atomic mass is 16.6. The van der Waals surface area contributed by atoms with Gasteiger partial charge in [-0.05, 0) is 46.2 Å². The molecule has 0 aliphatic carbocycles. The number of hydrogen-bond acceptors (Lipinski definition) is 4. The third-order valence-corrected chi connectivity index (χ3v) is 4.01. The second-order valence-electron chi connectivity index (χ2n) is 7.06. The molecular formula is C16H28N4O2. The topological polar surface area (TPSA) is 59.4 Å². The van der Waals surface area contributed by atoms with Crippen LogP contribution in [0.5, 0.6) is 0 Å². The standard InChI is InChI=1S/C16H28N4O2/c1-16(2,3)22-15(21)20-9-6-12(11-20)14(17-4)10-13-7-8-19(5)18-13/h7-8,12,14,17H,6,9-11H2,1-5H3. The predicted molar refractivity (Wildman–Crippen MR) is 85.7 cm³/mol. The van der Waals surface area contributed by atoms with Crippen molar-refractivity contribution in [2.75, 3.05) is 20.1 Å². The van der Waals surface area contributed by atoms with Gasteiger partial charge < -0.3 is 15.0 Å². The molecule has 2 rings (SSSR count). The van der Waals surface area contributed by atoms with Crippen LogP contribution >= 0.6 is 0 Å². The number of nitrogens with one attached hydrogen (secondary N) is 1. The maximum absolute atomic E-state index is 12.1. The molecule has 1 amide bonds. The third-order valence-electron chi connectivity index (χ3n) is 4.01. The van der Waals surface area contributed by atoms with Gasteiger partial charge in [-0.2, -0.15) is 5.10 Å². The number of nitrogens with zero attached hydrogens (tertiary/aromatic N) is 3. The molecule has 0 spiro atoms. The molecule has 124 valence electrons. The highest BCUT2D eigenvalue weighted by molar-refractivity contribution is 5.68. The molecule has 1 saturated heterocycles. The van der Waals surface area contributed by atoms with Crippen LogP contribution in [0, 0.1) is 5.92 Å². The summed E-state index contributed by atoms with van der Waals surface area (Å²) >= 11 is 0. The van der Waals surface area contributed by atoms with Crippen LogP contribution in [0.1, 0.15) is 32.9 Å². The minimum absolute atomic E-state index is 0.206. The van der Waals surface area contributed by atoms with Gasteiger partial charge in [0, 0.05) is 38.8 Å². The van der Waals surface area contributed by atoms with E-state index >= 15 is 0 Å². The van der Waals surface area contributed by atoms with Crippen LogP contribution in [0.2, 0.25) is 0 Å². The van der Waals surface area contributed by atoms with Crippen LogP contribution in [-0.4, -0.2) is 52.6 Å². The first-order valence-corrected chi connectivity index (χ1v) is 7.92. The van der Waals surface area contributed by atoms with Gasteiger partial charge in [-0.25, -0.2) is 4.79 Å². The number of amides is 1. The summed E-state index contributed by atoms with van der Waals surface area (Å²) in [6.45, 7) is 7.20. The maximum atomic E-state index is 12.1. The van der Waals surface area contributed by atoms with E-state index in [1.807, 2.05) is 56.7 Å². The van der Waals surface area contributed by atoms with E-state index < -0.39 is 5.60 Å². The zero-order valence-corrected chi connectivity index (χ0v) is 14.3. The first kappa shape index (κ1) is 16.8. The first-order valence-electron chi connectivity index (χ1n) is 7.92. The molecule has 1 fully saturated rings. The van der Waals surface area contributed by atoms with Gasteiger partial charge in [-0.1, -0.05) is 0 Å². The van der Waals surface area contributed by atoms with Gasteiger partial charge in [0.15, 0.2) is 0 Å². The van der Waals surface area contributed by atoms with Crippen molar-refractivity contribution >= 4 is 6.09 Å². The molecule has 6 heteroatoms. The number of carbonyl (C=O) groups excluding carboxylic acids is 1. The van der Waals surface area contributed by atoms with E-state index in [4.69, 9.17) is 4.74 Å². The van der Waals surface area contributed by atoms with Crippen LogP contribution in [0.25, 0.3) is 0 Å². The zero-order chi connectivity index (χ0) is 16.3. The minimum Gasteiger partial charge on any atom is -0.444 e. The number of aryl methyl sites for hydroxylation is 1. The van der Waals surface area contributed by atoms with E-state index in [-0.39, 0.29) is 6.09 Å². The fourth-order valence-electron chi connectivity index (χ4n) is 2.91. The molecule has 6 nitrogen and oxygen atoms in total. The second kappa shape index (κ2) is 6.69. The number of rotatable bonds is 4. The predicted octanol–water partition coefficient (Wildman–Crippen LogP) is 1.81. The quantitative estimate of drug-likeness (QED) is 0.921. The Bertz CT molecular complexity index is 506. The van der Waals surface area contributed by atoms with E-state index in [2.05, 4.69) is 10.4 Å². The summed E-state index contributed by atoms with van der Waals surface area (Å²) in [5.41, 5.74) is 0.642. The van der Waals surface area contributed by atoms with Crippen molar-refractivity contribution < 1.29 is 9.53 Å². The molecule has 1 aliphatic rings. The second-order valence-corrected chi connectivity index (χ2v) is 7.06. The van der Waals surface area contributed by atoms with E-state index in [1.165, 1.54) is 0 Å². The van der Waals surface area contributed by atoms with Crippen molar-refractivity contribution in [3.63, 3.8) is 0 Å². The van der Waals surface area contributed by atoms with Crippen LogP contribution in [0.4, 0.5) is 4.79 Å². The van der Waals surface area contributed by atoms with Gasteiger partial charge >= 0.3 is 6.09 Å². The Hall–Kier alpha value is -1.56. The fourth-order valence-corrected chi connectivity index (χ4v) is 2.91. The highest BCUT2D eigenvalue weighted by Crippen LogP contribution is 2.23. The number of likely N-dealkylation sites (tertiary alicyclic amines) is 1. The molecule has 2 heterocycles. The number of carbonyl (C=O) groups is 1. The van der Waals surface area contributed by atoms with Crippen molar-refractivity contribution in [2.45, 2.75) is 45.3 Å². The average Bonchev–Trinajstić information content (AvgIpc) is 3.03. The lowest BCUT2D eigenvalue weighted by molar-refractivity contribution is 0.0285. The summed E-state index contributed by atoms with van der Waals surface area (Å²) in [5.74, 6) is 0.430. The van der Waals surface area contributed by atoms with Crippen molar-refractivity contribution in [3.05, 3.63) is 18.0 Å². The summed E-state index contributed by atoms with van der Waals surface area (Å²) in [4.78, 5) is 14.0. The zero-order valence-electron chi connectivity index (χ0n) is 14.3. The summed E-state index contributed by atoms with van der Waals surface area (Å²) in [5, 5.41) is 7.83. The average molecular weight is 308 g/mol. The molecule has 2 unspecified atom stereocenters. The maximum Gasteiger partial charge on any atom is 0.410 e. The van der Waals surface area contributed by atoms with Crippen LogP contribution in [0.3, 0.4) is 0 Å². The molecule has 0 saturated carbocycles. The SMILES string of the molecule is CNC(Cc1ccn(C)n1)C1CCN(C(=O)OC(C)(C)C)C1. The number of aromatic nitrogens is 2. The smallest absolute Gasteiger partial charge is 0.410 e. The summed E-state index contributed by atoms with van der Waals surface area (Å²) in [6, 6.07) is 2.37. The van der Waals surface area contributed by atoms with Crippen LogP contribution in [-0.2, 0) is 18.2 Å². The largest absolute Gasteiger partial charge is 0.444 e. The third kappa shape index (κ3) is 4.47. The molecular weight excluding hydrogens is 280 g/mol. The first-order chi connectivity index (χ1) is 10.3. The highest BCUT2D eigenvalue weighted by Gasteiger charge is 2.33. The number of ether oxygens (including phenoxy) is 1. The lowest BCUT2D eigenvalue weighted by Gasteiger charge is -2.26. The van der Waals surface area contributed by atoms with Crippen molar-refractivity contribution in [2.24, 2.45) is 13.0 Å². The Morgan fingerprint density at radius 1 is 1.55 bits per heavy atom. The normalized spacial score (nSPS) is 20.2. The molecule has 2 atom stereocenters. The van der Waals surface area contributed by atoms with E-state index in [1.54, 1.807) is 0 Å². The minimum atomic E-state index is -0.439. The van der Waals surface area contributed by atoms with E-state index in [0.29, 0.717) is 12.0 Å². The van der Waals surface area contributed by atoms with Crippen molar-refractivity contribution in [1.29, 1.82) is 0 Å². The molecule has 1 aromatic rings. The lowest BCUT2D eigenvalue weighted by atomic mass is 9.95. The van der Waals surface area contributed by atoms with Crippen LogP contribution < -0.4 is 5.32 Å². The van der Waals surface area contributed by atoms with E-state index in [0.717, 1.165) is 31.6 Å². The Kier molecular flexibility index (Phi) is 5.11. The number of hydrogen-bond donors (Lipinski definition) is 1. The Labute approximate surface area is 132 Å². The molecule has 0 aromatic carbocycles. The van der Waals surface area contributed by atoms with E-state index in [9.17, 15) is 4.79 Å². The molecule has 1 N–H and O–H groups in total. The Morgan fingerprint density at radius 3 is 2.82 bits per heavy atom. The summed E-state index contributed by atoms with van der Waals surface area (Å²) in [6.07, 6.45) is 3.63. The monoisotopic (exact) mass is 308 g/mol. The number of likely N-dealkylation sites (N-methyl/N-ethyl adjacent to an activating group) is 1. The van der Waals surface area contributed by atoms with Crippen molar-refractivity contribution in [3.8, 4) is 0 Å². The molecule has 22 heavy (non-hydrogen) atoms. The summed E-state index contributed by atoms with van der Waals surface area (Å²) < 4.78 is 7.28. The van der Waals surface area contributed by atoms with Crippen molar-refractivity contribution in [1.82, 2.24) is 20.0 Å². The van der Waals surface area contributed by atoms with Gasteiger partial charge in [0.1, 0.15) is 5.60 Å². The molecule has 0 bridgehead atoms. The lowest BCUT2D eigenvalue weighted by Crippen LogP contribution is -2.39. The molecule has 1 aromatic heterocycles. The Morgan fingerprint density at radius 2 is 2.27 bits per heavy atom. The van der Waals surface area contributed by atoms with Crippen LogP contribution in [0.15, 0.2) is 12.3 Å². The van der Waals surface area contributed by atoms with Gasteiger partial charge in [0.05, 0.1) is 5.69 Å².